The summed E-state index contributed by atoms with van der Waals surface area (Å²) in [6.07, 6.45) is 0. The molecule has 0 spiro atoms. The highest BCUT2D eigenvalue weighted by molar-refractivity contribution is 5.82. The SMILES string of the molecule is CCNC(=O)C1CNCCN1CCN1CCNC1=O. The van der Waals surface area contributed by atoms with Crippen molar-refractivity contribution in [3.8, 4) is 0 Å². The molecule has 0 radical (unpaired) electrons. The molecule has 3 amide bonds. The Kier molecular flexibility index (Phi) is 4.98. The van der Waals surface area contributed by atoms with Crippen molar-refractivity contribution in [3.05, 3.63) is 0 Å². The molecule has 0 aromatic heterocycles. The third-order valence-electron chi connectivity index (χ3n) is 3.61. The molecule has 3 N–H and O–H groups in total. The highest BCUT2D eigenvalue weighted by atomic mass is 16.2. The van der Waals surface area contributed by atoms with Gasteiger partial charge < -0.3 is 20.9 Å². The summed E-state index contributed by atoms with van der Waals surface area (Å²) in [6.45, 7) is 7.90. The van der Waals surface area contributed by atoms with Gasteiger partial charge in [0.25, 0.3) is 0 Å². The molecule has 0 aromatic carbocycles. The Morgan fingerprint density at radius 2 is 2.21 bits per heavy atom. The van der Waals surface area contributed by atoms with Gasteiger partial charge >= 0.3 is 6.03 Å². The largest absolute Gasteiger partial charge is 0.355 e. The van der Waals surface area contributed by atoms with Crippen LogP contribution < -0.4 is 16.0 Å². The third kappa shape index (κ3) is 3.57. The minimum atomic E-state index is -0.126. The quantitative estimate of drug-likeness (QED) is 0.563. The van der Waals surface area contributed by atoms with Gasteiger partial charge in [0.15, 0.2) is 0 Å². The highest BCUT2D eigenvalue weighted by Gasteiger charge is 2.29. The number of nitrogens with zero attached hydrogens (tertiary/aromatic N) is 2. The van der Waals surface area contributed by atoms with Crippen molar-refractivity contribution in [2.75, 3.05) is 52.4 Å². The van der Waals surface area contributed by atoms with E-state index in [1.54, 1.807) is 4.90 Å². The maximum atomic E-state index is 12.0. The van der Waals surface area contributed by atoms with Crippen LogP contribution in [0.1, 0.15) is 6.92 Å². The van der Waals surface area contributed by atoms with Crippen LogP contribution in [0.15, 0.2) is 0 Å². The van der Waals surface area contributed by atoms with Crippen LogP contribution >= 0.6 is 0 Å². The second-order valence-electron chi connectivity index (χ2n) is 4.87. The summed E-state index contributed by atoms with van der Waals surface area (Å²) < 4.78 is 0. The predicted octanol–water partition coefficient (Wildman–Crippen LogP) is -1.58. The molecule has 7 nitrogen and oxygen atoms in total. The first kappa shape index (κ1) is 14.1. The lowest BCUT2D eigenvalue weighted by Gasteiger charge is -2.35. The first-order chi connectivity index (χ1) is 9.22. The number of carbonyl (C=O) groups is 2. The fraction of sp³-hybridized carbons (Fsp3) is 0.833. The van der Waals surface area contributed by atoms with Gasteiger partial charge in [-0.3, -0.25) is 9.69 Å². The molecule has 7 heteroatoms. The Morgan fingerprint density at radius 3 is 2.89 bits per heavy atom. The van der Waals surface area contributed by atoms with Crippen LogP contribution in [-0.4, -0.2) is 80.1 Å². The molecule has 2 saturated heterocycles. The fourth-order valence-electron chi connectivity index (χ4n) is 2.54. The van der Waals surface area contributed by atoms with Crippen LogP contribution in [-0.2, 0) is 4.79 Å². The van der Waals surface area contributed by atoms with Crippen molar-refractivity contribution in [1.82, 2.24) is 25.8 Å². The molecule has 0 aliphatic carbocycles. The molecule has 2 fully saturated rings. The van der Waals surface area contributed by atoms with E-state index in [4.69, 9.17) is 0 Å². The second-order valence-corrected chi connectivity index (χ2v) is 4.87. The Bertz CT molecular complexity index is 336. The van der Waals surface area contributed by atoms with Gasteiger partial charge in [0.2, 0.25) is 5.91 Å². The maximum Gasteiger partial charge on any atom is 0.317 e. The number of amides is 3. The summed E-state index contributed by atoms with van der Waals surface area (Å²) in [5, 5.41) is 8.90. The average Bonchev–Trinajstić information content (AvgIpc) is 2.82. The maximum absolute atomic E-state index is 12.0. The molecule has 0 aromatic rings. The summed E-state index contributed by atoms with van der Waals surface area (Å²) in [4.78, 5) is 27.4. The number of urea groups is 1. The zero-order valence-corrected chi connectivity index (χ0v) is 11.4. The van der Waals surface area contributed by atoms with Crippen LogP contribution in [0.2, 0.25) is 0 Å². The molecule has 1 unspecified atom stereocenters. The van der Waals surface area contributed by atoms with E-state index in [1.807, 2.05) is 6.92 Å². The molecular formula is C12H23N5O2. The van der Waals surface area contributed by atoms with Gasteiger partial charge in [-0.1, -0.05) is 0 Å². The van der Waals surface area contributed by atoms with Crippen molar-refractivity contribution in [2.24, 2.45) is 0 Å². The topological polar surface area (TPSA) is 76.7 Å². The lowest BCUT2D eigenvalue weighted by atomic mass is 10.1. The number of hydrogen-bond acceptors (Lipinski definition) is 4. The average molecular weight is 269 g/mol. The second kappa shape index (κ2) is 6.72. The highest BCUT2D eigenvalue weighted by Crippen LogP contribution is 2.05. The normalized spacial score (nSPS) is 24.4. The Morgan fingerprint density at radius 1 is 1.37 bits per heavy atom. The van der Waals surface area contributed by atoms with E-state index in [-0.39, 0.29) is 18.0 Å². The van der Waals surface area contributed by atoms with Crippen LogP contribution in [0.3, 0.4) is 0 Å². The predicted molar refractivity (Wildman–Crippen MR) is 71.9 cm³/mol. The molecule has 2 rings (SSSR count). The van der Waals surface area contributed by atoms with Gasteiger partial charge in [-0.15, -0.1) is 0 Å². The lowest BCUT2D eigenvalue weighted by molar-refractivity contribution is -0.127. The van der Waals surface area contributed by atoms with Gasteiger partial charge in [0, 0.05) is 52.4 Å². The summed E-state index contributed by atoms with van der Waals surface area (Å²) in [5.74, 6) is 0.0700. The zero-order valence-electron chi connectivity index (χ0n) is 11.4. The lowest BCUT2D eigenvalue weighted by Crippen LogP contribution is -2.59. The van der Waals surface area contributed by atoms with E-state index >= 15 is 0 Å². The van der Waals surface area contributed by atoms with Gasteiger partial charge in [0.05, 0.1) is 0 Å². The molecule has 19 heavy (non-hydrogen) atoms. The van der Waals surface area contributed by atoms with E-state index in [2.05, 4.69) is 20.9 Å². The number of nitrogens with one attached hydrogen (secondary N) is 3. The molecule has 1 atom stereocenters. The monoisotopic (exact) mass is 269 g/mol. The van der Waals surface area contributed by atoms with E-state index in [0.717, 1.165) is 32.7 Å². The Hall–Kier alpha value is -1.34. The fourth-order valence-corrected chi connectivity index (χ4v) is 2.54. The van der Waals surface area contributed by atoms with Gasteiger partial charge in [-0.2, -0.15) is 0 Å². The van der Waals surface area contributed by atoms with Crippen molar-refractivity contribution in [3.63, 3.8) is 0 Å². The van der Waals surface area contributed by atoms with Gasteiger partial charge in [-0.25, -0.2) is 4.79 Å². The number of carbonyl (C=O) groups excluding carboxylic acids is 2. The minimum absolute atomic E-state index is 0.00435. The van der Waals surface area contributed by atoms with E-state index < -0.39 is 0 Å². The molecule has 2 aliphatic heterocycles. The van der Waals surface area contributed by atoms with Gasteiger partial charge in [-0.05, 0) is 6.92 Å². The Balaban J connectivity index is 1.85. The van der Waals surface area contributed by atoms with Crippen molar-refractivity contribution >= 4 is 11.9 Å². The first-order valence-corrected chi connectivity index (χ1v) is 6.97. The number of likely N-dealkylation sites (N-methyl/N-ethyl adjacent to an activating group) is 1. The Labute approximate surface area is 113 Å². The molecule has 0 saturated carbocycles. The van der Waals surface area contributed by atoms with Crippen LogP contribution in [0.4, 0.5) is 4.79 Å². The number of rotatable bonds is 5. The molecule has 2 aliphatic rings. The van der Waals surface area contributed by atoms with Crippen LogP contribution in [0.5, 0.6) is 0 Å². The van der Waals surface area contributed by atoms with E-state index in [1.165, 1.54) is 0 Å². The van der Waals surface area contributed by atoms with Crippen LogP contribution in [0, 0.1) is 0 Å². The van der Waals surface area contributed by atoms with Crippen molar-refractivity contribution in [2.45, 2.75) is 13.0 Å². The molecular weight excluding hydrogens is 246 g/mol. The first-order valence-electron chi connectivity index (χ1n) is 6.97. The van der Waals surface area contributed by atoms with Crippen molar-refractivity contribution < 1.29 is 9.59 Å². The molecule has 108 valence electrons. The summed E-state index contributed by atoms with van der Waals surface area (Å²) in [6, 6.07) is -0.121. The number of hydrogen-bond donors (Lipinski definition) is 3. The van der Waals surface area contributed by atoms with Gasteiger partial charge in [0.1, 0.15) is 6.04 Å². The summed E-state index contributed by atoms with van der Waals surface area (Å²) >= 11 is 0. The minimum Gasteiger partial charge on any atom is -0.355 e. The zero-order chi connectivity index (χ0) is 13.7. The summed E-state index contributed by atoms with van der Waals surface area (Å²) in [7, 11) is 0. The van der Waals surface area contributed by atoms with E-state index in [0.29, 0.717) is 19.6 Å². The third-order valence-corrected chi connectivity index (χ3v) is 3.61. The summed E-state index contributed by atoms with van der Waals surface area (Å²) in [5.41, 5.74) is 0. The standard InChI is InChI=1S/C12H23N5O2/c1-2-14-11(18)10-9-13-3-5-16(10)7-8-17-6-4-15-12(17)19/h10,13H,2-9H2,1H3,(H,14,18)(H,15,19). The smallest absolute Gasteiger partial charge is 0.317 e. The van der Waals surface area contributed by atoms with E-state index in [9.17, 15) is 9.59 Å². The molecule has 0 bridgehead atoms. The van der Waals surface area contributed by atoms with Crippen LogP contribution in [0.25, 0.3) is 0 Å². The van der Waals surface area contributed by atoms with Crippen molar-refractivity contribution in [1.29, 1.82) is 0 Å². The number of piperazine rings is 1. The molecule has 2 heterocycles.